The summed E-state index contributed by atoms with van der Waals surface area (Å²) in [4.78, 5) is 2.54. The van der Waals surface area contributed by atoms with Crippen molar-refractivity contribution in [3.63, 3.8) is 0 Å². The molecule has 3 aliphatic rings. The van der Waals surface area contributed by atoms with Crippen molar-refractivity contribution in [1.82, 2.24) is 4.90 Å². The van der Waals surface area contributed by atoms with Crippen LogP contribution in [0.25, 0.3) is 0 Å². The van der Waals surface area contributed by atoms with Crippen LogP contribution in [0.15, 0.2) is 23.3 Å². The largest absolute Gasteiger partial charge is 0.303 e. The van der Waals surface area contributed by atoms with Crippen LogP contribution in [-0.2, 0) is 0 Å². The molecule has 3 saturated carbocycles. The van der Waals surface area contributed by atoms with Gasteiger partial charge in [0.25, 0.3) is 0 Å². The van der Waals surface area contributed by atoms with Crippen LogP contribution in [0.1, 0.15) is 71.1 Å². The molecule has 3 unspecified atom stereocenters. The van der Waals surface area contributed by atoms with Gasteiger partial charge in [-0.1, -0.05) is 36.6 Å². The molecule has 0 spiro atoms. The first-order valence-electron chi connectivity index (χ1n) is 9.36. The van der Waals surface area contributed by atoms with Crippen molar-refractivity contribution in [2.75, 3.05) is 13.6 Å². The Bertz CT molecular complexity index is 406. The summed E-state index contributed by atoms with van der Waals surface area (Å²) in [5.74, 6) is 1.99. The molecule has 0 radical (unpaired) electrons. The smallest absolute Gasteiger partial charge is 0.0129 e. The second-order valence-electron chi connectivity index (χ2n) is 7.58. The molecule has 3 atom stereocenters. The fourth-order valence-electron chi connectivity index (χ4n) is 4.91. The fraction of sp³-hybridized carbons (Fsp3) is 0.800. The van der Waals surface area contributed by atoms with Crippen LogP contribution in [0, 0.1) is 11.8 Å². The molecule has 0 aromatic rings. The standard InChI is InChI=1S/C20H33N/c1-3-21(2)19-11-4-7-16(15-19)13-14-18-9-5-8-17-10-6-12-20(17)18/h13-14,17,19-20H,3-12,15H2,1-2H3/b16-13-,18-14+. The van der Waals surface area contributed by atoms with E-state index in [2.05, 4.69) is 31.0 Å². The lowest BCUT2D eigenvalue weighted by Gasteiger charge is -2.32. The maximum atomic E-state index is 2.55. The van der Waals surface area contributed by atoms with Gasteiger partial charge in [0.15, 0.2) is 0 Å². The molecule has 0 amide bonds. The summed E-state index contributed by atoms with van der Waals surface area (Å²) < 4.78 is 0. The van der Waals surface area contributed by atoms with E-state index < -0.39 is 0 Å². The Balaban J connectivity index is 1.65. The van der Waals surface area contributed by atoms with Crippen LogP contribution in [0.2, 0.25) is 0 Å². The summed E-state index contributed by atoms with van der Waals surface area (Å²) in [5, 5.41) is 0. The molecule has 0 aromatic carbocycles. The van der Waals surface area contributed by atoms with E-state index in [0.29, 0.717) is 0 Å². The van der Waals surface area contributed by atoms with Gasteiger partial charge in [0.1, 0.15) is 0 Å². The first-order chi connectivity index (χ1) is 10.3. The quantitative estimate of drug-likeness (QED) is 0.678. The fourth-order valence-corrected chi connectivity index (χ4v) is 4.91. The molecule has 0 aromatic heterocycles. The highest BCUT2D eigenvalue weighted by Gasteiger charge is 2.32. The van der Waals surface area contributed by atoms with Crippen molar-refractivity contribution in [1.29, 1.82) is 0 Å². The first-order valence-corrected chi connectivity index (χ1v) is 9.36. The Morgan fingerprint density at radius 1 is 1.00 bits per heavy atom. The molecule has 0 saturated heterocycles. The van der Waals surface area contributed by atoms with Crippen molar-refractivity contribution in [3.8, 4) is 0 Å². The Morgan fingerprint density at radius 3 is 2.67 bits per heavy atom. The number of hydrogen-bond acceptors (Lipinski definition) is 1. The van der Waals surface area contributed by atoms with E-state index in [4.69, 9.17) is 0 Å². The minimum absolute atomic E-state index is 0.791. The van der Waals surface area contributed by atoms with Gasteiger partial charge in [0, 0.05) is 6.04 Å². The van der Waals surface area contributed by atoms with Crippen molar-refractivity contribution in [3.05, 3.63) is 23.3 Å². The Morgan fingerprint density at radius 2 is 1.81 bits per heavy atom. The normalized spacial score (nSPS) is 37.4. The summed E-state index contributed by atoms with van der Waals surface area (Å²) in [7, 11) is 2.29. The second-order valence-corrected chi connectivity index (χ2v) is 7.58. The number of hydrogen-bond donors (Lipinski definition) is 0. The van der Waals surface area contributed by atoms with Crippen LogP contribution in [0.4, 0.5) is 0 Å². The van der Waals surface area contributed by atoms with Gasteiger partial charge in [-0.3, -0.25) is 0 Å². The van der Waals surface area contributed by atoms with Crippen LogP contribution < -0.4 is 0 Å². The van der Waals surface area contributed by atoms with Gasteiger partial charge in [-0.15, -0.1) is 0 Å². The number of nitrogens with zero attached hydrogens (tertiary/aromatic N) is 1. The minimum atomic E-state index is 0.791. The first kappa shape index (κ1) is 15.3. The van der Waals surface area contributed by atoms with E-state index in [1.165, 1.54) is 70.8 Å². The molecule has 118 valence electrons. The topological polar surface area (TPSA) is 3.24 Å². The second kappa shape index (κ2) is 7.13. The van der Waals surface area contributed by atoms with Crippen molar-refractivity contribution in [2.45, 2.75) is 77.2 Å². The van der Waals surface area contributed by atoms with Crippen molar-refractivity contribution < 1.29 is 0 Å². The average molecular weight is 287 g/mol. The lowest BCUT2D eigenvalue weighted by Crippen LogP contribution is -2.33. The van der Waals surface area contributed by atoms with Gasteiger partial charge in [-0.2, -0.15) is 0 Å². The highest BCUT2D eigenvalue weighted by atomic mass is 15.1. The van der Waals surface area contributed by atoms with Gasteiger partial charge in [0.05, 0.1) is 0 Å². The van der Waals surface area contributed by atoms with Gasteiger partial charge >= 0.3 is 0 Å². The molecular formula is C20H33N. The van der Waals surface area contributed by atoms with E-state index in [-0.39, 0.29) is 0 Å². The summed E-state index contributed by atoms with van der Waals surface area (Å²) in [6, 6.07) is 0.791. The lowest BCUT2D eigenvalue weighted by atomic mass is 9.77. The molecule has 3 aliphatic carbocycles. The van der Waals surface area contributed by atoms with E-state index in [9.17, 15) is 0 Å². The summed E-state index contributed by atoms with van der Waals surface area (Å²) in [6.07, 6.45) is 19.3. The summed E-state index contributed by atoms with van der Waals surface area (Å²) in [6.45, 7) is 3.46. The maximum Gasteiger partial charge on any atom is 0.0129 e. The number of fused-ring (bicyclic) bond motifs is 1. The third kappa shape index (κ3) is 3.62. The van der Waals surface area contributed by atoms with Crippen LogP contribution in [0.3, 0.4) is 0 Å². The highest BCUT2D eigenvalue weighted by Crippen LogP contribution is 2.45. The van der Waals surface area contributed by atoms with E-state index in [1.807, 2.05) is 0 Å². The molecule has 3 rings (SSSR count). The molecule has 21 heavy (non-hydrogen) atoms. The molecule has 0 aliphatic heterocycles. The predicted molar refractivity (Wildman–Crippen MR) is 91.4 cm³/mol. The van der Waals surface area contributed by atoms with Gasteiger partial charge in [0.2, 0.25) is 0 Å². The van der Waals surface area contributed by atoms with Crippen molar-refractivity contribution in [2.24, 2.45) is 11.8 Å². The van der Waals surface area contributed by atoms with Crippen LogP contribution >= 0.6 is 0 Å². The molecule has 1 heteroatoms. The third-order valence-electron chi connectivity index (χ3n) is 6.36. The predicted octanol–water partition coefficient (Wildman–Crippen LogP) is 5.33. The van der Waals surface area contributed by atoms with Crippen molar-refractivity contribution >= 4 is 0 Å². The zero-order chi connectivity index (χ0) is 14.7. The molecule has 0 N–H and O–H groups in total. The van der Waals surface area contributed by atoms with Crippen LogP contribution in [-0.4, -0.2) is 24.5 Å². The zero-order valence-electron chi connectivity index (χ0n) is 14.1. The van der Waals surface area contributed by atoms with Gasteiger partial charge in [-0.25, -0.2) is 0 Å². The SMILES string of the molecule is CCN(C)C1CCC/C(=C/C=C2\CCCC3CCCC23)C1. The third-order valence-corrected chi connectivity index (χ3v) is 6.36. The van der Waals surface area contributed by atoms with E-state index in [0.717, 1.165) is 17.9 Å². The molecule has 0 heterocycles. The molecule has 1 nitrogen and oxygen atoms in total. The molecular weight excluding hydrogens is 254 g/mol. The number of allylic oxidation sites excluding steroid dienone is 3. The minimum Gasteiger partial charge on any atom is -0.303 e. The molecule has 3 fully saturated rings. The Kier molecular flexibility index (Phi) is 5.21. The van der Waals surface area contributed by atoms with Gasteiger partial charge < -0.3 is 4.90 Å². The highest BCUT2D eigenvalue weighted by molar-refractivity contribution is 5.23. The summed E-state index contributed by atoms with van der Waals surface area (Å²) in [5.41, 5.74) is 3.50. The molecule has 0 bridgehead atoms. The Labute approximate surface area is 131 Å². The van der Waals surface area contributed by atoms with E-state index >= 15 is 0 Å². The Hall–Kier alpha value is -0.560. The lowest BCUT2D eigenvalue weighted by molar-refractivity contribution is 0.222. The van der Waals surface area contributed by atoms with Crippen LogP contribution in [0.5, 0.6) is 0 Å². The monoisotopic (exact) mass is 287 g/mol. The average Bonchev–Trinajstić information content (AvgIpc) is 3.01. The summed E-state index contributed by atoms with van der Waals surface area (Å²) >= 11 is 0. The zero-order valence-corrected chi connectivity index (χ0v) is 14.1. The van der Waals surface area contributed by atoms with Gasteiger partial charge in [-0.05, 0) is 83.2 Å². The number of rotatable bonds is 3. The van der Waals surface area contributed by atoms with E-state index in [1.54, 1.807) is 11.1 Å². The maximum absolute atomic E-state index is 2.55.